The molecule has 1 amide bonds. The molecule has 0 unspecified atom stereocenters. The number of aromatic nitrogens is 4. The van der Waals surface area contributed by atoms with Gasteiger partial charge in [0.25, 0.3) is 5.91 Å². The SMILES string of the molecule is O=C(NC1CN(c2cnc3ccccc3n2)C1)c1cnc(-c2cccc(F)c2)nc1. The molecule has 4 aromatic rings. The highest BCUT2D eigenvalue weighted by Gasteiger charge is 2.29. The molecule has 1 N–H and O–H groups in total. The van der Waals surface area contributed by atoms with E-state index in [0.717, 1.165) is 16.9 Å². The van der Waals surface area contributed by atoms with E-state index in [9.17, 15) is 9.18 Å². The first-order chi connectivity index (χ1) is 14.7. The fourth-order valence-electron chi connectivity index (χ4n) is 3.35. The molecule has 8 heteroatoms. The summed E-state index contributed by atoms with van der Waals surface area (Å²) in [7, 11) is 0. The van der Waals surface area contributed by atoms with Crippen LogP contribution in [0.1, 0.15) is 10.4 Å². The largest absolute Gasteiger partial charge is 0.351 e. The van der Waals surface area contributed by atoms with Crippen LogP contribution < -0.4 is 10.2 Å². The number of nitrogens with one attached hydrogen (secondary N) is 1. The van der Waals surface area contributed by atoms with Gasteiger partial charge in [0.2, 0.25) is 0 Å². The van der Waals surface area contributed by atoms with Crippen molar-refractivity contribution in [2.75, 3.05) is 18.0 Å². The lowest BCUT2D eigenvalue weighted by atomic mass is 10.1. The Morgan fingerprint density at radius 1 is 0.967 bits per heavy atom. The maximum atomic E-state index is 13.3. The third kappa shape index (κ3) is 3.55. The molecule has 1 fully saturated rings. The maximum absolute atomic E-state index is 13.3. The van der Waals surface area contributed by atoms with Gasteiger partial charge in [0, 0.05) is 31.0 Å². The summed E-state index contributed by atoms with van der Waals surface area (Å²) in [5, 5.41) is 2.97. The third-order valence-corrected chi connectivity index (χ3v) is 4.97. The molecule has 30 heavy (non-hydrogen) atoms. The average Bonchev–Trinajstić information content (AvgIpc) is 2.75. The van der Waals surface area contributed by atoms with E-state index in [-0.39, 0.29) is 17.8 Å². The molecule has 0 saturated carbocycles. The molecular formula is C22H17FN6O. The lowest BCUT2D eigenvalue weighted by Gasteiger charge is -2.40. The number of hydrogen-bond acceptors (Lipinski definition) is 6. The van der Waals surface area contributed by atoms with E-state index < -0.39 is 0 Å². The molecule has 5 rings (SSSR count). The minimum atomic E-state index is -0.358. The van der Waals surface area contributed by atoms with Crippen LogP contribution in [0.3, 0.4) is 0 Å². The average molecular weight is 400 g/mol. The number of hydrogen-bond donors (Lipinski definition) is 1. The summed E-state index contributed by atoms with van der Waals surface area (Å²) >= 11 is 0. The highest BCUT2D eigenvalue weighted by Crippen LogP contribution is 2.21. The number of nitrogens with zero attached hydrogens (tertiary/aromatic N) is 5. The number of benzene rings is 2. The number of carbonyl (C=O) groups excluding carboxylic acids is 1. The van der Waals surface area contributed by atoms with Crippen molar-refractivity contribution in [3.8, 4) is 11.4 Å². The Kier molecular flexibility index (Phi) is 4.51. The molecule has 0 spiro atoms. The highest BCUT2D eigenvalue weighted by atomic mass is 19.1. The molecule has 2 aromatic heterocycles. The molecule has 0 aliphatic carbocycles. The van der Waals surface area contributed by atoms with Crippen LogP contribution in [0, 0.1) is 5.82 Å². The topological polar surface area (TPSA) is 83.9 Å². The Labute approximate surface area is 171 Å². The van der Waals surface area contributed by atoms with Gasteiger partial charge in [0.05, 0.1) is 28.8 Å². The maximum Gasteiger partial charge on any atom is 0.254 e. The zero-order valence-electron chi connectivity index (χ0n) is 15.9. The van der Waals surface area contributed by atoms with Crippen molar-refractivity contribution in [3.63, 3.8) is 0 Å². The Morgan fingerprint density at radius 2 is 1.73 bits per heavy atom. The van der Waals surface area contributed by atoms with E-state index in [4.69, 9.17) is 0 Å². The van der Waals surface area contributed by atoms with Gasteiger partial charge in [-0.3, -0.25) is 9.78 Å². The van der Waals surface area contributed by atoms with Gasteiger partial charge in [0.15, 0.2) is 5.82 Å². The van der Waals surface area contributed by atoms with Crippen LogP contribution >= 0.6 is 0 Å². The van der Waals surface area contributed by atoms with Crippen molar-refractivity contribution in [1.82, 2.24) is 25.3 Å². The number of rotatable bonds is 4. The molecule has 2 aromatic carbocycles. The Hall–Kier alpha value is -3.94. The fraction of sp³-hybridized carbons (Fsp3) is 0.136. The van der Waals surface area contributed by atoms with Crippen LogP contribution in [-0.2, 0) is 0 Å². The quantitative estimate of drug-likeness (QED) is 0.567. The van der Waals surface area contributed by atoms with E-state index in [1.54, 1.807) is 18.3 Å². The highest BCUT2D eigenvalue weighted by molar-refractivity contribution is 5.94. The molecule has 1 saturated heterocycles. The van der Waals surface area contributed by atoms with Crippen molar-refractivity contribution in [2.45, 2.75) is 6.04 Å². The molecule has 0 radical (unpaired) electrons. The van der Waals surface area contributed by atoms with Crippen molar-refractivity contribution < 1.29 is 9.18 Å². The number of halogens is 1. The molecule has 0 bridgehead atoms. The number of amides is 1. The first-order valence-corrected chi connectivity index (χ1v) is 9.51. The summed E-state index contributed by atoms with van der Waals surface area (Å²) in [5.41, 5.74) is 2.62. The number of anilines is 1. The second kappa shape index (κ2) is 7.47. The van der Waals surface area contributed by atoms with E-state index in [2.05, 4.69) is 30.2 Å². The third-order valence-electron chi connectivity index (χ3n) is 4.97. The Bertz CT molecular complexity index is 1220. The van der Waals surface area contributed by atoms with Gasteiger partial charge in [-0.2, -0.15) is 0 Å². The lowest BCUT2D eigenvalue weighted by molar-refractivity contribution is 0.0929. The van der Waals surface area contributed by atoms with E-state index in [0.29, 0.717) is 30.0 Å². The van der Waals surface area contributed by atoms with E-state index >= 15 is 0 Å². The van der Waals surface area contributed by atoms with Gasteiger partial charge in [-0.05, 0) is 24.3 Å². The van der Waals surface area contributed by atoms with Gasteiger partial charge in [0.1, 0.15) is 11.6 Å². The molecule has 1 aliphatic rings. The van der Waals surface area contributed by atoms with E-state index in [1.807, 2.05) is 24.3 Å². The van der Waals surface area contributed by atoms with Gasteiger partial charge in [-0.25, -0.2) is 19.3 Å². The summed E-state index contributed by atoms with van der Waals surface area (Å²) in [6.45, 7) is 1.31. The molecule has 7 nitrogen and oxygen atoms in total. The van der Waals surface area contributed by atoms with E-state index in [1.165, 1.54) is 24.5 Å². The van der Waals surface area contributed by atoms with Crippen LogP contribution in [0.4, 0.5) is 10.2 Å². The molecule has 148 valence electrons. The molecular weight excluding hydrogens is 383 g/mol. The first-order valence-electron chi connectivity index (χ1n) is 9.51. The first kappa shape index (κ1) is 18.1. The monoisotopic (exact) mass is 400 g/mol. The molecule has 1 aliphatic heterocycles. The Morgan fingerprint density at radius 3 is 2.50 bits per heavy atom. The predicted molar refractivity (Wildman–Crippen MR) is 110 cm³/mol. The lowest BCUT2D eigenvalue weighted by Crippen LogP contribution is -2.59. The van der Waals surface area contributed by atoms with Crippen molar-refractivity contribution in [3.05, 3.63) is 78.5 Å². The number of para-hydroxylation sites is 2. The van der Waals surface area contributed by atoms with Crippen molar-refractivity contribution >= 4 is 22.8 Å². The van der Waals surface area contributed by atoms with Crippen molar-refractivity contribution in [2.24, 2.45) is 0 Å². The number of fused-ring (bicyclic) bond motifs is 1. The van der Waals surface area contributed by atoms with Gasteiger partial charge in [-0.1, -0.05) is 24.3 Å². The molecule has 0 atom stereocenters. The van der Waals surface area contributed by atoms with Gasteiger partial charge >= 0.3 is 0 Å². The van der Waals surface area contributed by atoms with Gasteiger partial charge < -0.3 is 10.2 Å². The smallest absolute Gasteiger partial charge is 0.254 e. The Balaban J connectivity index is 1.20. The zero-order valence-corrected chi connectivity index (χ0v) is 15.9. The summed E-state index contributed by atoms with van der Waals surface area (Å²) < 4.78 is 13.3. The second-order valence-electron chi connectivity index (χ2n) is 7.10. The summed E-state index contributed by atoms with van der Waals surface area (Å²) in [6.07, 6.45) is 4.65. The van der Waals surface area contributed by atoms with Crippen LogP contribution in [0.15, 0.2) is 67.1 Å². The zero-order chi connectivity index (χ0) is 20.5. The van der Waals surface area contributed by atoms with Crippen LogP contribution in [0.5, 0.6) is 0 Å². The van der Waals surface area contributed by atoms with Crippen LogP contribution in [-0.4, -0.2) is 45.0 Å². The standard InChI is InChI=1S/C22H17FN6O/c23-16-5-3-4-14(8-16)21-25-9-15(10-26-21)22(30)27-17-12-29(13-17)20-11-24-18-6-1-2-7-19(18)28-20/h1-11,17H,12-13H2,(H,27,30). The summed E-state index contributed by atoms with van der Waals surface area (Å²) in [4.78, 5) is 31.9. The predicted octanol–water partition coefficient (Wildman–Crippen LogP) is 2.84. The minimum absolute atomic E-state index is 0.00802. The van der Waals surface area contributed by atoms with Crippen LogP contribution in [0.2, 0.25) is 0 Å². The normalized spacial score (nSPS) is 13.8. The van der Waals surface area contributed by atoms with Gasteiger partial charge in [-0.15, -0.1) is 0 Å². The van der Waals surface area contributed by atoms with Crippen molar-refractivity contribution in [1.29, 1.82) is 0 Å². The number of carbonyl (C=O) groups is 1. The molecule has 3 heterocycles. The summed E-state index contributed by atoms with van der Waals surface area (Å²) in [5.74, 6) is 0.566. The minimum Gasteiger partial charge on any atom is -0.351 e. The summed E-state index contributed by atoms with van der Waals surface area (Å²) in [6, 6.07) is 13.7. The van der Waals surface area contributed by atoms with Crippen LogP contribution in [0.25, 0.3) is 22.4 Å². The second-order valence-corrected chi connectivity index (χ2v) is 7.10. The fourth-order valence-corrected chi connectivity index (χ4v) is 3.35.